The molecule has 0 aliphatic rings. The SMILES string of the molecule is CC(C#N)CNCCC(=O)NC(C)C. The number of nitriles is 1. The first-order chi connectivity index (χ1) is 6.56. The predicted molar refractivity (Wildman–Crippen MR) is 55.5 cm³/mol. The van der Waals surface area contributed by atoms with Crippen LogP contribution in [0.15, 0.2) is 0 Å². The molecule has 80 valence electrons. The summed E-state index contributed by atoms with van der Waals surface area (Å²) < 4.78 is 0. The van der Waals surface area contributed by atoms with E-state index in [0.29, 0.717) is 19.5 Å². The van der Waals surface area contributed by atoms with E-state index in [1.165, 1.54) is 0 Å². The average molecular weight is 197 g/mol. The Bertz CT molecular complexity index is 208. The second-order valence-electron chi connectivity index (χ2n) is 3.71. The third kappa shape index (κ3) is 7.56. The molecule has 0 heterocycles. The van der Waals surface area contributed by atoms with Gasteiger partial charge in [-0.25, -0.2) is 0 Å². The molecule has 14 heavy (non-hydrogen) atoms. The first-order valence-corrected chi connectivity index (χ1v) is 4.96. The number of nitrogens with one attached hydrogen (secondary N) is 2. The summed E-state index contributed by atoms with van der Waals surface area (Å²) in [5.41, 5.74) is 0. The Morgan fingerprint density at radius 3 is 2.57 bits per heavy atom. The third-order valence-electron chi connectivity index (χ3n) is 1.65. The van der Waals surface area contributed by atoms with Crippen LogP contribution in [0.3, 0.4) is 0 Å². The van der Waals surface area contributed by atoms with Crippen molar-refractivity contribution in [1.29, 1.82) is 5.26 Å². The minimum atomic E-state index is 0.00293. The zero-order chi connectivity index (χ0) is 11.0. The molecule has 2 N–H and O–H groups in total. The predicted octanol–water partition coefficient (Wildman–Crippen LogP) is 0.650. The van der Waals surface area contributed by atoms with Gasteiger partial charge in [0.1, 0.15) is 0 Å². The number of nitrogens with zero attached hydrogens (tertiary/aromatic N) is 1. The normalized spacial score (nSPS) is 12.2. The summed E-state index contributed by atoms with van der Waals surface area (Å²) in [6.45, 7) is 6.99. The van der Waals surface area contributed by atoms with Crippen LogP contribution in [0, 0.1) is 17.2 Å². The molecule has 0 fully saturated rings. The van der Waals surface area contributed by atoms with Gasteiger partial charge in [0.15, 0.2) is 0 Å². The van der Waals surface area contributed by atoms with Crippen molar-refractivity contribution in [2.24, 2.45) is 5.92 Å². The molecule has 0 saturated carbocycles. The molecule has 4 heteroatoms. The molecule has 1 unspecified atom stereocenters. The third-order valence-corrected chi connectivity index (χ3v) is 1.65. The molecule has 0 saturated heterocycles. The van der Waals surface area contributed by atoms with Gasteiger partial charge in [-0.05, 0) is 20.8 Å². The van der Waals surface area contributed by atoms with Gasteiger partial charge >= 0.3 is 0 Å². The number of amides is 1. The van der Waals surface area contributed by atoms with Gasteiger partial charge in [0.05, 0.1) is 12.0 Å². The minimum absolute atomic E-state index is 0.00293. The Balaban J connectivity index is 3.37. The number of carbonyl (C=O) groups is 1. The minimum Gasteiger partial charge on any atom is -0.354 e. The molecule has 0 spiro atoms. The zero-order valence-corrected chi connectivity index (χ0v) is 9.13. The maximum atomic E-state index is 11.2. The van der Waals surface area contributed by atoms with Crippen LogP contribution in [0.5, 0.6) is 0 Å². The monoisotopic (exact) mass is 197 g/mol. The van der Waals surface area contributed by atoms with Crippen LogP contribution >= 0.6 is 0 Å². The van der Waals surface area contributed by atoms with E-state index >= 15 is 0 Å². The Kier molecular flexibility index (Phi) is 6.77. The van der Waals surface area contributed by atoms with Gasteiger partial charge in [-0.2, -0.15) is 5.26 Å². The van der Waals surface area contributed by atoms with Crippen LogP contribution in [0.1, 0.15) is 27.2 Å². The van der Waals surface area contributed by atoms with Gasteiger partial charge in [0, 0.05) is 25.6 Å². The van der Waals surface area contributed by atoms with E-state index < -0.39 is 0 Å². The molecule has 0 aliphatic carbocycles. The maximum absolute atomic E-state index is 11.2. The van der Waals surface area contributed by atoms with Crippen molar-refractivity contribution in [1.82, 2.24) is 10.6 Å². The van der Waals surface area contributed by atoms with Gasteiger partial charge in [-0.15, -0.1) is 0 Å². The van der Waals surface area contributed by atoms with E-state index in [1.54, 1.807) is 0 Å². The molecule has 0 radical (unpaired) electrons. The summed E-state index contributed by atoms with van der Waals surface area (Å²) in [6.07, 6.45) is 0.469. The highest BCUT2D eigenvalue weighted by molar-refractivity contribution is 5.76. The van der Waals surface area contributed by atoms with Gasteiger partial charge < -0.3 is 10.6 Å². The Morgan fingerprint density at radius 1 is 1.43 bits per heavy atom. The van der Waals surface area contributed by atoms with E-state index in [-0.39, 0.29) is 17.9 Å². The Labute approximate surface area is 85.7 Å². The molecule has 0 aliphatic heterocycles. The van der Waals surface area contributed by atoms with Crippen LogP contribution in [0.25, 0.3) is 0 Å². The van der Waals surface area contributed by atoms with E-state index in [0.717, 1.165) is 0 Å². The zero-order valence-electron chi connectivity index (χ0n) is 9.13. The fraction of sp³-hybridized carbons (Fsp3) is 0.800. The molecule has 0 aromatic rings. The lowest BCUT2D eigenvalue weighted by Gasteiger charge is -2.09. The largest absolute Gasteiger partial charge is 0.354 e. The molecule has 0 aromatic carbocycles. The molecule has 0 rings (SSSR count). The molecular weight excluding hydrogens is 178 g/mol. The molecular formula is C10H19N3O. The van der Waals surface area contributed by atoms with E-state index in [1.807, 2.05) is 20.8 Å². The van der Waals surface area contributed by atoms with Crippen LogP contribution in [-0.4, -0.2) is 25.0 Å². The first-order valence-electron chi connectivity index (χ1n) is 4.96. The second-order valence-corrected chi connectivity index (χ2v) is 3.71. The highest BCUT2D eigenvalue weighted by Gasteiger charge is 2.03. The molecule has 4 nitrogen and oxygen atoms in total. The standard InChI is InChI=1S/C10H19N3O/c1-8(2)13-10(14)4-5-12-7-9(3)6-11/h8-9,12H,4-5,7H2,1-3H3,(H,13,14). The summed E-state index contributed by atoms with van der Waals surface area (Å²) in [7, 11) is 0. The first kappa shape index (κ1) is 12.9. The summed E-state index contributed by atoms with van der Waals surface area (Å²) in [4.78, 5) is 11.2. The van der Waals surface area contributed by atoms with Crippen LogP contribution in [0.2, 0.25) is 0 Å². The molecule has 0 aromatic heterocycles. The van der Waals surface area contributed by atoms with Crippen LogP contribution < -0.4 is 10.6 Å². The summed E-state index contributed by atoms with van der Waals surface area (Å²) >= 11 is 0. The fourth-order valence-electron chi connectivity index (χ4n) is 0.960. The maximum Gasteiger partial charge on any atom is 0.221 e. The lowest BCUT2D eigenvalue weighted by molar-refractivity contribution is -0.121. The molecule has 1 atom stereocenters. The molecule has 0 bridgehead atoms. The van der Waals surface area contributed by atoms with Crippen molar-refractivity contribution in [3.63, 3.8) is 0 Å². The van der Waals surface area contributed by atoms with Crippen LogP contribution in [-0.2, 0) is 4.79 Å². The summed E-state index contributed by atoms with van der Waals surface area (Å²) in [5.74, 6) is 0.0558. The highest BCUT2D eigenvalue weighted by Crippen LogP contribution is 1.88. The van der Waals surface area contributed by atoms with Gasteiger partial charge in [-0.3, -0.25) is 4.79 Å². The number of carbonyl (C=O) groups excluding carboxylic acids is 1. The van der Waals surface area contributed by atoms with Crippen LogP contribution in [0.4, 0.5) is 0 Å². The molecule has 1 amide bonds. The Hall–Kier alpha value is -1.08. The lowest BCUT2D eigenvalue weighted by Crippen LogP contribution is -2.33. The van der Waals surface area contributed by atoms with E-state index in [2.05, 4.69) is 16.7 Å². The highest BCUT2D eigenvalue weighted by atomic mass is 16.1. The lowest BCUT2D eigenvalue weighted by atomic mass is 10.2. The van der Waals surface area contributed by atoms with Gasteiger partial charge in [0.2, 0.25) is 5.91 Å². The van der Waals surface area contributed by atoms with Gasteiger partial charge in [-0.1, -0.05) is 0 Å². The van der Waals surface area contributed by atoms with Crippen molar-refractivity contribution in [3.05, 3.63) is 0 Å². The Morgan fingerprint density at radius 2 is 2.07 bits per heavy atom. The van der Waals surface area contributed by atoms with E-state index in [4.69, 9.17) is 5.26 Å². The fourth-order valence-corrected chi connectivity index (χ4v) is 0.960. The summed E-state index contributed by atoms with van der Waals surface area (Å²) in [6, 6.07) is 2.32. The quantitative estimate of drug-likeness (QED) is 0.614. The van der Waals surface area contributed by atoms with Crippen molar-refractivity contribution in [3.8, 4) is 6.07 Å². The van der Waals surface area contributed by atoms with Gasteiger partial charge in [0.25, 0.3) is 0 Å². The summed E-state index contributed by atoms with van der Waals surface area (Å²) in [5, 5.41) is 14.4. The topological polar surface area (TPSA) is 64.9 Å². The van der Waals surface area contributed by atoms with Crippen molar-refractivity contribution in [2.45, 2.75) is 33.2 Å². The number of hydrogen-bond acceptors (Lipinski definition) is 3. The number of rotatable bonds is 6. The van der Waals surface area contributed by atoms with E-state index in [9.17, 15) is 4.79 Å². The van der Waals surface area contributed by atoms with Crippen molar-refractivity contribution in [2.75, 3.05) is 13.1 Å². The van der Waals surface area contributed by atoms with Crippen molar-refractivity contribution >= 4 is 5.91 Å². The van der Waals surface area contributed by atoms with Crippen molar-refractivity contribution < 1.29 is 4.79 Å². The average Bonchev–Trinajstić information content (AvgIpc) is 2.10. The number of hydrogen-bond donors (Lipinski definition) is 2. The second kappa shape index (κ2) is 7.34. The smallest absolute Gasteiger partial charge is 0.221 e.